The summed E-state index contributed by atoms with van der Waals surface area (Å²) in [4.78, 5) is 35.2. The van der Waals surface area contributed by atoms with Gasteiger partial charge in [-0.1, -0.05) is 36.0 Å². The lowest BCUT2D eigenvalue weighted by Crippen LogP contribution is -2.20. The van der Waals surface area contributed by atoms with Gasteiger partial charge >= 0.3 is 11.9 Å². The maximum atomic E-state index is 12.5. The van der Waals surface area contributed by atoms with E-state index in [2.05, 4.69) is 10.1 Å². The van der Waals surface area contributed by atoms with Crippen LogP contribution in [0.2, 0.25) is 0 Å². The average molecular weight is 421 g/mol. The van der Waals surface area contributed by atoms with E-state index in [1.165, 1.54) is 25.3 Å². The normalized spacial score (nSPS) is 10.8. The van der Waals surface area contributed by atoms with E-state index in [0.717, 1.165) is 6.08 Å². The highest BCUT2D eigenvalue weighted by Crippen LogP contribution is 2.31. The molecule has 2 aromatic rings. The van der Waals surface area contributed by atoms with Gasteiger partial charge < -0.3 is 14.8 Å². The van der Waals surface area contributed by atoms with Crippen molar-refractivity contribution in [3.05, 3.63) is 65.7 Å². The quantitative estimate of drug-likeness (QED) is 0.394. The molecule has 0 unspecified atom stereocenters. The lowest BCUT2D eigenvalue weighted by atomic mass is 10.1. The predicted molar refractivity (Wildman–Crippen MR) is 105 cm³/mol. The number of ether oxygens (including phenoxy) is 2. The van der Waals surface area contributed by atoms with Crippen LogP contribution in [-0.2, 0) is 19.1 Å². The van der Waals surface area contributed by atoms with Gasteiger partial charge in [-0.25, -0.2) is 9.59 Å². The number of alkyl halides is 2. The Morgan fingerprint density at radius 1 is 1.10 bits per heavy atom. The van der Waals surface area contributed by atoms with E-state index in [1.54, 1.807) is 36.4 Å². The van der Waals surface area contributed by atoms with Crippen LogP contribution < -0.4 is 5.32 Å². The summed E-state index contributed by atoms with van der Waals surface area (Å²) in [5.41, 5.74) is 1.21. The summed E-state index contributed by atoms with van der Waals surface area (Å²) in [6.45, 7) is -0.571. The molecule has 29 heavy (non-hydrogen) atoms. The number of amides is 1. The molecule has 0 fully saturated rings. The number of methoxy groups -OCH3 is 1. The van der Waals surface area contributed by atoms with Gasteiger partial charge in [0.25, 0.3) is 11.7 Å². The summed E-state index contributed by atoms with van der Waals surface area (Å²) in [6.07, 6.45) is 2.58. The Hall–Kier alpha value is -3.20. The number of hydrogen-bond donors (Lipinski definition) is 1. The van der Waals surface area contributed by atoms with Crippen molar-refractivity contribution in [2.24, 2.45) is 0 Å². The summed E-state index contributed by atoms with van der Waals surface area (Å²) in [7, 11) is 1.28. The van der Waals surface area contributed by atoms with Crippen LogP contribution in [0.3, 0.4) is 0 Å². The number of carbonyl (C=O) groups excluding carboxylic acids is 3. The molecule has 0 aliphatic rings. The Labute approximate surface area is 169 Å². The lowest BCUT2D eigenvalue weighted by Gasteiger charge is -2.10. The van der Waals surface area contributed by atoms with Crippen LogP contribution in [0.5, 0.6) is 0 Å². The number of nitrogens with one attached hydrogen (secondary N) is 1. The first-order valence-electron chi connectivity index (χ1n) is 8.26. The van der Waals surface area contributed by atoms with Crippen LogP contribution in [0.15, 0.2) is 59.5 Å². The zero-order valence-corrected chi connectivity index (χ0v) is 16.1. The first-order chi connectivity index (χ1) is 13.9. The van der Waals surface area contributed by atoms with Crippen molar-refractivity contribution in [2.75, 3.05) is 19.0 Å². The van der Waals surface area contributed by atoms with Crippen molar-refractivity contribution < 1.29 is 32.6 Å². The molecule has 1 amide bonds. The molecule has 9 heteroatoms. The summed E-state index contributed by atoms with van der Waals surface area (Å²) in [5, 5.41) is 2.43. The molecule has 1 N–H and O–H groups in total. The van der Waals surface area contributed by atoms with Crippen molar-refractivity contribution in [1.82, 2.24) is 0 Å². The average Bonchev–Trinajstić information content (AvgIpc) is 2.71. The van der Waals surface area contributed by atoms with Crippen molar-refractivity contribution in [3.8, 4) is 0 Å². The lowest BCUT2D eigenvalue weighted by molar-refractivity contribution is -0.142. The number of rotatable bonds is 8. The number of thioether (sulfide) groups is 1. The third-order valence-corrected chi connectivity index (χ3v) is 4.25. The Bertz CT molecular complexity index is 900. The van der Waals surface area contributed by atoms with E-state index in [0.29, 0.717) is 22.9 Å². The van der Waals surface area contributed by atoms with Gasteiger partial charge in [-0.2, -0.15) is 8.78 Å². The molecule has 0 spiro atoms. The second kappa shape index (κ2) is 11.0. The van der Waals surface area contributed by atoms with E-state index < -0.39 is 30.2 Å². The Morgan fingerprint density at radius 2 is 1.79 bits per heavy atom. The summed E-state index contributed by atoms with van der Waals surface area (Å²) < 4.78 is 34.5. The number of esters is 2. The van der Waals surface area contributed by atoms with E-state index >= 15 is 0 Å². The van der Waals surface area contributed by atoms with Crippen molar-refractivity contribution in [3.63, 3.8) is 0 Å². The smallest absolute Gasteiger partial charge is 0.337 e. The van der Waals surface area contributed by atoms with E-state index in [9.17, 15) is 23.2 Å². The van der Waals surface area contributed by atoms with Crippen molar-refractivity contribution in [1.29, 1.82) is 0 Å². The second-order valence-corrected chi connectivity index (χ2v) is 6.51. The minimum absolute atomic E-state index is 0.206. The van der Waals surface area contributed by atoms with Crippen LogP contribution in [0.4, 0.5) is 14.5 Å². The fourth-order valence-corrected chi connectivity index (χ4v) is 2.75. The first-order valence-corrected chi connectivity index (χ1v) is 9.14. The summed E-state index contributed by atoms with van der Waals surface area (Å²) >= 11 is 0.305. The molecular formula is C20H17F2NO5S. The Kier molecular flexibility index (Phi) is 8.35. The third-order valence-electron chi connectivity index (χ3n) is 3.47. The predicted octanol–water partition coefficient (Wildman–Crippen LogP) is 3.98. The molecule has 2 rings (SSSR count). The standard InChI is InChI=1S/C20H17F2NO5S/c1-27-19(26)14-9-6-13(7-10-14)8-11-18(25)28-12-17(24)23-15-4-2-3-5-16(15)29-20(21)22/h2-11,20H,12H2,1H3,(H,23,24). The highest BCUT2D eigenvalue weighted by Gasteiger charge is 2.12. The van der Waals surface area contributed by atoms with Gasteiger partial charge in [0.15, 0.2) is 6.61 Å². The fourth-order valence-electron chi connectivity index (χ4n) is 2.15. The Balaban J connectivity index is 1.85. The molecule has 0 saturated carbocycles. The molecule has 0 aromatic heterocycles. The van der Waals surface area contributed by atoms with Crippen LogP contribution in [0.25, 0.3) is 6.08 Å². The fraction of sp³-hybridized carbons (Fsp3) is 0.150. The molecular weight excluding hydrogens is 404 g/mol. The van der Waals surface area contributed by atoms with Crippen LogP contribution in [0, 0.1) is 0 Å². The van der Waals surface area contributed by atoms with E-state index in [1.807, 2.05) is 0 Å². The van der Waals surface area contributed by atoms with Crippen LogP contribution in [-0.4, -0.2) is 37.3 Å². The van der Waals surface area contributed by atoms with Crippen LogP contribution in [0.1, 0.15) is 15.9 Å². The molecule has 6 nitrogen and oxygen atoms in total. The largest absolute Gasteiger partial charge is 0.465 e. The molecule has 0 heterocycles. The third kappa shape index (κ3) is 7.38. The zero-order chi connectivity index (χ0) is 21.2. The number of hydrogen-bond acceptors (Lipinski definition) is 6. The number of anilines is 1. The Morgan fingerprint density at radius 3 is 2.45 bits per heavy atom. The van der Waals surface area contributed by atoms with Gasteiger partial charge in [-0.05, 0) is 35.9 Å². The number of benzene rings is 2. The maximum Gasteiger partial charge on any atom is 0.337 e. The van der Waals surface area contributed by atoms with E-state index in [4.69, 9.17) is 4.74 Å². The van der Waals surface area contributed by atoms with Gasteiger partial charge in [0.1, 0.15) is 0 Å². The minimum atomic E-state index is -2.63. The van der Waals surface area contributed by atoms with Gasteiger partial charge in [-0.15, -0.1) is 0 Å². The molecule has 0 saturated heterocycles. The molecule has 152 valence electrons. The first kappa shape index (κ1) is 22.1. The highest BCUT2D eigenvalue weighted by atomic mass is 32.2. The van der Waals surface area contributed by atoms with Gasteiger partial charge in [0, 0.05) is 11.0 Å². The van der Waals surface area contributed by atoms with Gasteiger partial charge in [0.05, 0.1) is 18.4 Å². The molecule has 0 aliphatic carbocycles. The molecule has 2 aromatic carbocycles. The molecule has 0 bridgehead atoms. The topological polar surface area (TPSA) is 81.7 Å². The van der Waals surface area contributed by atoms with Crippen LogP contribution >= 0.6 is 11.8 Å². The van der Waals surface area contributed by atoms with E-state index in [-0.39, 0.29) is 10.6 Å². The molecule has 0 atom stereocenters. The monoisotopic (exact) mass is 421 g/mol. The zero-order valence-electron chi connectivity index (χ0n) is 15.3. The van der Waals surface area contributed by atoms with Gasteiger partial charge in [-0.3, -0.25) is 4.79 Å². The molecule has 0 radical (unpaired) electrons. The second-order valence-electron chi connectivity index (χ2n) is 5.48. The summed E-state index contributed by atoms with van der Waals surface area (Å²) in [6, 6.07) is 12.4. The maximum absolute atomic E-state index is 12.5. The number of para-hydroxylation sites is 1. The molecule has 0 aliphatic heterocycles. The summed E-state index contributed by atoms with van der Waals surface area (Å²) in [5.74, 6) is -4.51. The minimum Gasteiger partial charge on any atom is -0.465 e. The van der Waals surface area contributed by atoms with Crippen molar-refractivity contribution in [2.45, 2.75) is 10.7 Å². The van der Waals surface area contributed by atoms with Crippen molar-refractivity contribution >= 4 is 41.4 Å². The SMILES string of the molecule is COC(=O)c1ccc(C=CC(=O)OCC(=O)Nc2ccccc2SC(F)F)cc1. The highest BCUT2D eigenvalue weighted by molar-refractivity contribution is 7.99. The number of halogens is 2. The number of carbonyl (C=O) groups is 3. The van der Waals surface area contributed by atoms with Gasteiger partial charge in [0.2, 0.25) is 0 Å².